The van der Waals surface area contributed by atoms with Crippen molar-refractivity contribution in [2.24, 2.45) is 5.92 Å². The van der Waals surface area contributed by atoms with Gasteiger partial charge < -0.3 is 10.1 Å². The zero-order chi connectivity index (χ0) is 29.5. The van der Waals surface area contributed by atoms with Gasteiger partial charge in [0.05, 0.1) is 28.7 Å². The molecule has 0 aliphatic carbocycles. The zero-order valence-corrected chi connectivity index (χ0v) is 23.6. The fourth-order valence-electron chi connectivity index (χ4n) is 5.27. The summed E-state index contributed by atoms with van der Waals surface area (Å²) in [5.41, 5.74) is 1.36. The molecule has 2 unspecified atom stereocenters. The Bertz CT molecular complexity index is 1770. The van der Waals surface area contributed by atoms with Gasteiger partial charge in [-0.1, -0.05) is 53.4 Å². The molecular weight excluding hydrogens is 580 g/mol. The molecule has 2 aliphatic rings. The van der Waals surface area contributed by atoms with Crippen LogP contribution in [0.25, 0.3) is 0 Å². The van der Waals surface area contributed by atoms with Crippen LogP contribution in [0.1, 0.15) is 16.4 Å². The predicted molar refractivity (Wildman–Crippen MR) is 157 cm³/mol. The quantitative estimate of drug-likeness (QED) is 0.188. The summed E-state index contributed by atoms with van der Waals surface area (Å²) in [6, 6.07) is 21.2. The number of methoxy groups -OCH3 is 1. The summed E-state index contributed by atoms with van der Waals surface area (Å²) < 4.78 is 6.49. The van der Waals surface area contributed by atoms with Gasteiger partial charge in [-0.15, -0.1) is 0 Å². The summed E-state index contributed by atoms with van der Waals surface area (Å²) in [7, 11) is 1.54. The number of nitrogens with zero attached hydrogens (tertiary/aromatic N) is 3. The zero-order valence-electron chi connectivity index (χ0n) is 22.0. The first-order valence-electron chi connectivity index (χ1n) is 12.8. The van der Waals surface area contributed by atoms with Crippen LogP contribution in [-0.4, -0.2) is 39.6 Å². The highest BCUT2D eigenvalue weighted by Crippen LogP contribution is 2.53. The van der Waals surface area contributed by atoms with Crippen LogP contribution in [0.4, 0.5) is 17.1 Å². The van der Waals surface area contributed by atoms with E-state index < -0.39 is 39.7 Å². The van der Waals surface area contributed by atoms with Crippen molar-refractivity contribution in [3.63, 3.8) is 0 Å². The molecule has 3 heterocycles. The minimum absolute atomic E-state index is 0.161. The third-order valence-electron chi connectivity index (χ3n) is 7.20. The molecule has 13 heteroatoms. The standard InChI is InChI=1S/C29H22N4O7S2/c1-40-20-13-7-17(8-14-20)30-21(34)15-31-28-25(42-29(31)37)22(16-5-3-2-4-6-16)23-24(41-28)27(36)32(26(23)35)18-9-11-19(12-10-18)33(38)39/h2-14,22-24H,15H2,1H3,(H,30,34)/t22-,23?,24?/m1/s1. The average molecular weight is 603 g/mol. The maximum atomic E-state index is 13.9. The molecule has 212 valence electrons. The number of thiazole rings is 1. The molecule has 4 aromatic rings. The van der Waals surface area contributed by atoms with Gasteiger partial charge in [0.25, 0.3) is 5.69 Å². The van der Waals surface area contributed by atoms with Gasteiger partial charge in [-0.25, -0.2) is 4.90 Å². The largest absolute Gasteiger partial charge is 0.497 e. The molecule has 1 aromatic heterocycles. The lowest BCUT2D eigenvalue weighted by molar-refractivity contribution is -0.384. The first kappa shape index (κ1) is 27.4. The Kier molecular flexibility index (Phi) is 7.12. The number of thioether (sulfide) groups is 1. The van der Waals surface area contributed by atoms with E-state index in [1.807, 2.05) is 30.3 Å². The van der Waals surface area contributed by atoms with Crippen molar-refractivity contribution in [2.75, 3.05) is 17.3 Å². The summed E-state index contributed by atoms with van der Waals surface area (Å²) in [5, 5.41) is 13.5. The normalized spacial score (nSPS) is 19.3. The highest BCUT2D eigenvalue weighted by Gasteiger charge is 2.56. The van der Waals surface area contributed by atoms with Crippen LogP contribution in [0.2, 0.25) is 0 Å². The first-order valence-corrected chi connectivity index (χ1v) is 14.5. The molecule has 2 aliphatic heterocycles. The van der Waals surface area contributed by atoms with E-state index in [9.17, 15) is 29.3 Å². The van der Waals surface area contributed by atoms with Gasteiger partial charge in [-0.05, 0) is 42.0 Å². The molecule has 42 heavy (non-hydrogen) atoms. The molecule has 0 radical (unpaired) electrons. The number of ether oxygens (including phenoxy) is 1. The minimum atomic E-state index is -0.865. The van der Waals surface area contributed by atoms with Crippen molar-refractivity contribution in [3.05, 3.63) is 109 Å². The van der Waals surface area contributed by atoms with Crippen molar-refractivity contribution in [1.82, 2.24) is 4.57 Å². The Labute approximate surface area is 246 Å². The van der Waals surface area contributed by atoms with E-state index in [1.165, 1.54) is 28.8 Å². The lowest BCUT2D eigenvalue weighted by atomic mass is 9.83. The number of anilines is 2. The Balaban J connectivity index is 1.36. The number of nitro groups is 1. The number of nitrogens with one attached hydrogen (secondary N) is 1. The second-order valence-electron chi connectivity index (χ2n) is 9.64. The van der Waals surface area contributed by atoms with E-state index in [0.29, 0.717) is 21.3 Å². The predicted octanol–water partition coefficient (Wildman–Crippen LogP) is 4.26. The van der Waals surface area contributed by atoms with Crippen LogP contribution in [0.3, 0.4) is 0 Å². The number of nitro benzene ring substituents is 1. The number of imide groups is 1. The van der Waals surface area contributed by atoms with Crippen LogP contribution >= 0.6 is 23.1 Å². The van der Waals surface area contributed by atoms with Gasteiger partial charge in [-0.3, -0.25) is 33.9 Å². The SMILES string of the molecule is COc1ccc(NC(=O)Cn2c3c(sc2=O)[C@H](c2ccccc2)C2C(=O)N(c4ccc([N+](=O)[O-])cc4)C(=O)C2S3)cc1. The number of aromatic nitrogens is 1. The van der Waals surface area contributed by atoms with Gasteiger partial charge in [0.15, 0.2) is 0 Å². The topological polar surface area (TPSA) is 141 Å². The number of benzene rings is 3. The van der Waals surface area contributed by atoms with E-state index in [2.05, 4.69) is 5.32 Å². The van der Waals surface area contributed by atoms with Crippen molar-refractivity contribution in [2.45, 2.75) is 22.7 Å². The Morgan fingerprint density at radius 3 is 2.31 bits per heavy atom. The lowest BCUT2D eigenvalue weighted by Gasteiger charge is -2.30. The average Bonchev–Trinajstić information content (AvgIpc) is 3.44. The second kappa shape index (κ2) is 10.9. The Morgan fingerprint density at radius 2 is 1.67 bits per heavy atom. The number of rotatable bonds is 7. The van der Waals surface area contributed by atoms with Crippen LogP contribution in [0.5, 0.6) is 5.75 Å². The van der Waals surface area contributed by atoms with Crippen molar-refractivity contribution >= 4 is 57.9 Å². The van der Waals surface area contributed by atoms with E-state index in [0.717, 1.165) is 33.6 Å². The van der Waals surface area contributed by atoms with E-state index in [1.54, 1.807) is 31.4 Å². The summed E-state index contributed by atoms with van der Waals surface area (Å²) in [4.78, 5) is 65.8. The fraction of sp³-hybridized carbons (Fsp3) is 0.172. The molecule has 1 saturated heterocycles. The molecule has 3 amide bonds. The molecule has 0 spiro atoms. The minimum Gasteiger partial charge on any atom is -0.497 e. The molecule has 1 N–H and O–H groups in total. The number of hydrogen-bond acceptors (Lipinski definition) is 9. The first-order chi connectivity index (χ1) is 20.3. The maximum Gasteiger partial charge on any atom is 0.308 e. The van der Waals surface area contributed by atoms with Gasteiger partial charge in [0.1, 0.15) is 17.5 Å². The van der Waals surface area contributed by atoms with Crippen LogP contribution in [-0.2, 0) is 20.9 Å². The number of carbonyl (C=O) groups excluding carboxylic acids is 3. The molecule has 3 atom stereocenters. The van der Waals surface area contributed by atoms with Gasteiger partial charge in [0.2, 0.25) is 17.7 Å². The van der Waals surface area contributed by atoms with E-state index >= 15 is 0 Å². The van der Waals surface area contributed by atoms with Gasteiger partial charge in [0, 0.05) is 28.6 Å². The van der Waals surface area contributed by atoms with Crippen molar-refractivity contribution in [3.8, 4) is 5.75 Å². The van der Waals surface area contributed by atoms with Crippen molar-refractivity contribution in [1.29, 1.82) is 0 Å². The second-order valence-corrected chi connectivity index (χ2v) is 11.8. The third-order valence-corrected chi connectivity index (χ3v) is 9.81. The molecule has 1 fully saturated rings. The summed E-state index contributed by atoms with van der Waals surface area (Å²) >= 11 is 2.06. The molecule has 3 aromatic carbocycles. The third kappa shape index (κ3) is 4.76. The lowest BCUT2D eigenvalue weighted by Crippen LogP contribution is -2.33. The maximum absolute atomic E-state index is 13.9. The number of hydrogen-bond donors (Lipinski definition) is 1. The van der Waals surface area contributed by atoms with Crippen LogP contribution in [0, 0.1) is 16.0 Å². The van der Waals surface area contributed by atoms with Crippen LogP contribution < -0.4 is 19.8 Å². The van der Waals surface area contributed by atoms with Crippen LogP contribution in [0.15, 0.2) is 88.7 Å². The van der Waals surface area contributed by atoms with Gasteiger partial charge >= 0.3 is 4.87 Å². The summed E-state index contributed by atoms with van der Waals surface area (Å²) in [6.07, 6.45) is 0. The summed E-state index contributed by atoms with van der Waals surface area (Å²) in [5.74, 6) is -2.14. The summed E-state index contributed by atoms with van der Waals surface area (Å²) in [6.45, 7) is -0.281. The Morgan fingerprint density at radius 1 is 0.976 bits per heavy atom. The van der Waals surface area contributed by atoms with E-state index in [-0.39, 0.29) is 22.8 Å². The smallest absolute Gasteiger partial charge is 0.308 e. The van der Waals surface area contributed by atoms with E-state index in [4.69, 9.17) is 4.74 Å². The molecule has 11 nitrogen and oxygen atoms in total. The Hall–Kier alpha value is -4.75. The molecular formula is C29H22N4O7S2. The highest BCUT2D eigenvalue weighted by atomic mass is 32.2. The van der Waals surface area contributed by atoms with Crippen molar-refractivity contribution < 1.29 is 24.0 Å². The molecule has 6 rings (SSSR count). The molecule has 0 saturated carbocycles. The number of fused-ring (bicyclic) bond motifs is 2. The molecule has 0 bridgehead atoms. The number of non-ortho nitro benzene ring substituents is 1. The highest BCUT2D eigenvalue weighted by molar-refractivity contribution is 8.00. The van der Waals surface area contributed by atoms with Gasteiger partial charge in [-0.2, -0.15) is 0 Å². The fourth-order valence-corrected chi connectivity index (χ4v) is 8.04. The number of amides is 3. The number of carbonyl (C=O) groups is 3. The monoisotopic (exact) mass is 602 g/mol.